The molecule has 0 aliphatic rings. The molecule has 0 aliphatic heterocycles. The van der Waals surface area contributed by atoms with Crippen molar-refractivity contribution < 1.29 is 0 Å². The molecule has 0 atom stereocenters. The second kappa shape index (κ2) is 8.77. The van der Waals surface area contributed by atoms with Crippen molar-refractivity contribution in [1.29, 1.82) is 0 Å². The van der Waals surface area contributed by atoms with Crippen LogP contribution in [0.1, 0.15) is 11.1 Å². The smallest absolute Gasteiger partial charge is 0.263 e. The van der Waals surface area contributed by atoms with E-state index in [1.807, 2.05) is 34.8 Å². The van der Waals surface area contributed by atoms with Crippen LogP contribution in [0.3, 0.4) is 0 Å². The van der Waals surface area contributed by atoms with Gasteiger partial charge in [-0.3, -0.25) is 9.20 Å². The van der Waals surface area contributed by atoms with Gasteiger partial charge in [-0.15, -0.1) is 0 Å². The van der Waals surface area contributed by atoms with Crippen LogP contribution >= 0.6 is 0 Å². The molecule has 192 valence electrons. The minimum absolute atomic E-state index is 0.0172. The first-order valence-electron chi connectivity index (χ1n) is 13.8. The van der Waals surface area contributed by atoms with E-state index >= 15 is 0 Å². The third kappa shape index (κ3) is 3.41. The topological polar surface area (TPSA) is 21.5 Å². The molecule has 0 saturated carbocycles. The summed E-state index contributed by atoms with van der Waals surface area (Å²) in [6, 6.07) is 40.3. The highest BCUT2D eigenvalue weighted by molar-refractivity contribution is 6.22. The molecule has 2 heterocycles. The maximum absolute atomic E-state index is 13.9. The largest absolute Gasteiger partial charge is 0.275 e. The van der Waals surface area contributed by atoms with Crippen molar-refractivity contribution in [2.75, 3.05) is 0 Å². The normalized spacial score (nSPS) is 11.7. The van der Waals surface area contributed by atoms with Crippen molar-refractivity contribution in [3.05, 3.63) is 150 Å². The van der Waals surface area contributed by atoms with Gasteiger partial charge in [0.25, 0.3) is 5.56 Å². The molecule has 0 spiro atoms. The van der Waals surface area contributed by atoms with E-state index in [0.29, 0.717) is 0 Å². The molecule has 0 bridgehead atoms. The first-order chi connectivity index (χ1) is 20.1. The first-order valence-corrected chi connectivity index (χ1v) is 13.8. The van der Waals surface area contributed by atoms with Crippen LogP contribution in [0.25, 0.3) is 83.1 Å². The summed E-state index contributed by atoms with van der Waals surface area (Å²) in [7, 11) is 0. The van der Waals surface area contributed by atoms with E-state index in [4.69, 9.17) is 0 Å². The van der Waals surface area contributed by atoms with Gasteiger partial charge in [-0.2, -0.15) is 0 Å². The van der Waals surface area contributed by atoms with E-state index in [1.54, 1.807) is 0 Å². The van der Waals surface area contributed by atoms with Gasteiger partial charge in [0, 0.05) is 21.5 Å². The van der Waals surface area contributed by atoms with Crippen LogP contribution in [0, 0.1) is 0 Å². The minimum atomic E-state index is 0.0172. The molecule has 2 heteroatoms. The molecule has 0 unspecified atom stereocenters. The van der Waals surface area contributed by atoms with E-state index in [-0.39, 0.29) is 5.56 Å². The van der Waals surface area contributed by atoms with Crippen LogP contribution in [-0.2, 0) is 0 Å². The molecular weight excluding hydrogens is 498 g/mol. The van der Waals surface area contributed by atoms with E-state index in [0.717, 1.165) is 71.3 Å². The molecular formula is C39H25NO. The van der Waals surface area contributed by atoms with Crippen LogP contribution in [0.5, 0.6) is 0 Å². The number of pyridine rings is 1. The zero-order valence-corrected chi connectivity index (χ0v) is 22.4. The van der Waals surface area contributed by atoms with Crippen molar-refractivity contribution in [2.45, 2.75) is 0 Å². The number of hydrogen-bond donors (Lipinski definition) is 0. The number of benzene rings is 6. The Morgan fingerprint density at radius 1 is 0.488 bits per heavy atom. The summed E-state index contributed by atoms with van der Waals surface area (Å²) < 4.78 is 1.91. The fourth-order valence-electron chi connectivity index (χ4n) is 6.42. The fraction of sp³-hybridized carbons (Fsp3) is 0. The number of hydrogen-bond acceptors (Lipinski definition) is 1. The van der Waals surface area contributed by atoms with Gasteiger partial charge >= 0.3 is 0 Å². The fourth-order valence-corrected chi connectivity index (χ4v) is 6.42. The third-order valence-electron chi connectivity index (χ3n) is 8.45. The number of fused-ring (bicyclic) bond motifs is 6. The van der Waals surface area contributed by atoms with Gasteiger partial charge in [0.15, 0.2) is 0 Å². The molecule has 0 N–H and O–H groups in total. The lowest BCUT2D eigenvalue weighted by molar-refractivity contribution is 1.21. The van der Waals surface area contributed by atoms with Crippen molar-refractivity contribution in [3.8, 4) is 22.3 Å². The average molecular weight is 524 g/mol. The Morgan fingerprint density at radius 2 is 1.10 bits per heavy atom. The van der Waals surface area contributed by atoms with Crippen LogP contribution in [0.15, 0.2) is 133 Å². The number of rotatable bonds is 4. The Balaban J connectivity index is 1.49. The summed E-state index contributed by atoms with van der Waals surface area (Å²) >= 11 is 0. The van der Waals surface area contributed by atoms with E-state index in [1.165, 1.54) is 10.8 Å². The molecule has 0 aliphatic carbocycles. The number of nitrogens with zero attached hydrogens (tertiary/aromatic N) is 1. The van der Waals surface area contributed by atoms with Crippen LogP contribution < -0.4 is 5.56 Å². The molecule has 8 rings (SSSR count). The summed E-state index contributed by atoms with van der Waals surface area (Å²) in [6.07, 6.45) is 3.73. The van der Waals surface area contributed by atoms with Gasteiger partial charge in [-0.05, 0) is 92.0 Å². The maximum atomic E-state index is 13.9. The van der Waals surface area contributed by atoms with Crippen molar-refractivity contribution in [2.24, 2.45) is 0 Å². The molecule has 0 radical (unpaired) electrons. The summed E-state index contributed by atoms with van der Waals surface area (Å²) in [5.74, 6) is 0. The van der Waals surface area contributed by atoms with Gasteiger partial charge < -0.3 is 0 Å². The minimum Gasteiger partial charge on any atom is -0.275 e. The summed E-state index contributed by atoms with van der Waals surface area (Å²) in [4.78, 5) is 13.9. The average Bonchev–Trinajstić information content (AvgIpc) is 3.37. The predicted molar refractivity (Wildman–Crippen MR) is 176 cm³/mol. The predicted octanol–water partition coefficient (Wildman–Crippen LogP) is 9.97. The number of aromatic nitrogens is 1. The van der Waals surface area contributed by atoms with Crippen LogP contribution in [0.2, 0.25) is 0 Å². The Hall–Kier alpha value is -5.47. The lowest BCUT2D eigenvalue weighted by Crippen LogP contribution is -2.12. The Bertz CT molecular complexity index is 2430. The Morgan fingerprint density at radius 3 is 1.90 bits per heavy atom. The second-order valence-corrected chi connectivity index (χ2v) is 10.7. The van der Waals surface area contributed by atoms with Gasteiger partial charge in [0.1, 0.15) is 0 Å². The zero-order chi connectivity index (χ0) is 27.7. The third-order valence-corrected chi connectivity index (χ3v) is 8.45. The van der Waals surface area contributed by atoms with Gasteiger partial charge in [0.2, 0.25) is 0 Å². The quantitative estimate of drug-likeness (QED) is 0.210. The summed E-state index contributed by atoms with van der Waals surface area (Å²) in [5.41, 5.74) is 8.50. The molecule has 8 aromatic rings. The van der Waals surface area contributed by atoms with Crippen LogP contribution in [0.4, 0.5) is 0 Å². The highest BCUT2D eigenvalue weighted by atomic mass is 16.1. The highest BCUT2D eigenvalue weighted by Gasteiger charge is 2.19. The van der Waals surface area contributed by atoms with Gasteiger partial charge in [-0.1, -0.05) is 98.1 Å². The Kier molecular flexibility index (Phi) is 5.01. The van der Waals surface area contributed by atoms with E-state index < -0.39 is 0 Å². The molecule has 0 fully saturated rings. The Labute approximate surface area is 237 Å². The standard InChI is InChI=1S/C39H25NO/c1-3-24-13-15-29(19-25(24)4-2)31-22-35-32-11-7-8-12-33(32)39(41)40-37-18-17-30(21-34(37)36(23-31)38(35)40)28-16-14-26-9-5-6-10-27(26)20-28/h3-23H,1-2H2. The van der Waals surface area contributed by atoms with E-state index in [2.05, 4.69) is 110 Å². The van der Waals surface area contributed by atoms with Crippen molar-refractivity contribution >= 4 is 60.9 Å². The molecule has 0 amide bonds. The first kappa shape index (κ1) is 23.4. The van der Waals surface area contributed by atoms with Crippen molar-refractivity contribution in [3.63, 3.8) is 0 Å². The molecule has 6 aromatic carbocycles. The molecule has 2 nitrogen and oxygen atoms in total. The lowest BCUT2D eigenvalue weighted by Gasteiger charge is -2.11. The zero-order valence-electron chi connectivity index (χ0n) is 22.4. The molecule has 0 saturated heterocycles. The maximum Gasteiger partial charge on any atom is 0.263 e. The lowest BCUT2D eigenvalue weighted by atomic mass is 9.94. The molecule has 41 heavy (non-hydrogen) atoms. The monoisotopic (exact) mass is 523 g/mol. The highest BCUT2D eigenvalue weighted by Crippen LogP contribution is 2.40. The molecule has 2 aromatic heterocycles. The van der Waals surface area contributed by atoms with Gasteiger partial charge in [-0.25, -0.2) is 0 Å². The van der Waals surface area contributed by atoms with Gasteiger partial charge in [0.05, 0.1) is 11.0 Å². The summed E-state index contributed by atoms with van der Waals surface area (Å²) in [6.45, 7) is 7.97. The second-order valence-electron chi connectivity index (χ2n) is 10.7. The SMILES string of the molecule is C=Cc1ccc(-c2cc3c4ccccc4c(=O)n4c5ccc(-c6ccc7ccccc7c6)cc5c(c2)c34)cc1C=C. The van der Waals surface area contributed by atoms with E-state index in [9.17, 15) is 4.79 Å². The van der Waals surface area contributed by atoms with Crippen molar-refractivity contribution in [1.82, 2.24) is 4.40 Å². The van der Waals surface area contributed by atoms with Crippen LogP contribution in [-0.4, -0.2) is 4.40 Å². The summed E-state index contributed by atoms with van der Waals surface area (Å²) in [5, 5.41) is 7.35.